The smallest absolute Gasteiger partial charge is 0.326 e. The van der Waals surface area contributed by atoms with Gasteiger partial charge in [-0.15, -0.1) is 0 Å². The molecular formula is C34H61N13O10. The lowest BCUT2D eigenvalue weighted by atomic mass is 10.0. The molecule has 0 saturated carbocycles. The van der Waals surface area contributed by atoms with Crippen molar-refractivity contribution in [3.05, 3.63) is 18.2 Å². The molecule has 0 aliphatic carbocycles. The monoisotopic (exact) mass is 811 g/mol. The lowest BCUT2D eigenvalue weighted by molar-refractivity contribution is -0.142. The van der Waals surface area contributed by atoms with Gasteiger partial charge in [0.05, 0.1) is 25.1 Å². The second-order valence-corrected chi connectivity index (χ2v) is 14.0. The van der Waals surface area contributed by atoms with Gasteiger partial charge in [-0.3, -0.25) is 33.8 Å². The number of aromatic nitrogens is 2. The maximum atomic E-state index is 13.6. The number of unbranched alkanes of at least 4 members (excludes halogenated alkanes) is 1. The van der Waals surface area contributed by atoms with E-state index < -0.39 is 96.4 Å². The summed E-state index contributed by atoms with van der Waals surface area (Å²) in [5.41, 5.74) is 22.4. The fourth-order valence-corrected chi connectivity index (χ4v) is 5.27. The highest BCUT2D eigenvalue weighted by atomic mass is 16.4. The van der Waals surface area contributed by atoms with Crippen LogP contribution < -0.4 is 54.8 Å². The van der Waals surface area contributed by atoms with Crippen LogP contribution in [0, 0.1) is 5.92 Å². The van der Waals surface area contributed by atoms with Gasteiger partial charge in [0.2, 0.25) is 35.4 Å². The van der Waals surface area contributed by atoms with Gasteiger partial charge >= 0.3 is 5.97 Å². The van der Waals surface area contributed by atoms with Crippen molar-refractivity contribution in [3.8, 4) is 0 Å². The predicted octanol–water partition coefficient (Wildman–Crippen LogP) is -5.11. The van der Waals surface area contributed by atoms with Crippen molar-refractivity contribution >= 4 is 47.4 Å². The van der Waals surface area contributed by atoms with Crippen LogP contribution in [0.25, 0.3) is 0 Å². The van der Waals surface area contributed by atoms with Crippen molar-refractivity contribution in [1.82, 2.24) is 41.9 Å². The zero-order valence-corrected chi connectivity index (χ0v) is 32.8. The molecule has 18 N–H and O–H groups in total. The van der Waals surface area contributed by atoms with E-state index in [1.807, 2.05) is 0 Å². The molecule has 1 heterocycles. The number of nitrogens with zero attached hydrogens (tertiary/aromatic N) is 2. The number of aliphatic hydroxyl groups excluding tert-OH is 2. The molecule has 6 amide bonds. The number of hydrogen-bond acceptors (Lipinski definition) is 13. The van der Waals surface area contributed by atoms with E-state index in [1.54, 1.807) is 13.8 Å². The zero-order valence-electron chi connectivity index (χ0n) is 32.8. The number of aromatic amines is 1. The predicted molar refractivity (Wildman–Crippen MR) is 206 cm³/mol. The molecule has 8 atom stereocenters. The first-order chi connectivity index (χ1) is 26.8. The molecule has 0 fully saturated rings. The van der Waals surface area contributed by atoms with Crippen LogP contribution in [0.4, 0.5) is 0 Å². The van der Waals surface area contributed by atoms with Crippen molar-refractivity contribution in [2.75, 3.05) is 19.7 Å². The van der Waals surface area contributed by atoms with Gasteiger partial charge in [-0.25, -0.2) is 9.78 Å². The molecule has 0 saturated heterocycles. The maximum absolute atomic E-state index is 13.6. The van der Waals surface area contributed by atoms with Crippen LogP contribution in [0.2, 0.25) is 0 Å². The Morgan fingerprint density at radius 3 is 1.91 bits per heavy atom. The highest BCUT2D eigenvalue weighted by molar-refractivity contribution is 5.97. The molecule has 322 valence electrons. The van der Waals surface area contributed by atoms with Gasteiger partial charge in [0.15, 0.2) is 5.96 Å². The van der Waals surface area contributed by atoms with E-state index in [0.29, 0.717) is 25.0 Å². The Bertz CT molecular complexity index is 1490. The maximum Gasteiger partial charge on any atom is 0.326 e. The van der Waals surface area contributed by atoms with Gasteiger partial charge in [0.25, 0.3) is 0 Å². The van der Waals surface area contributed by atoms with E-state index >= 15 is 0 Å². The average molecular weight is 812 g/mol. The van der Waals surface area contributed by atoms with E-state index in [9.17, 15) is 48.9 Å². The summed E-state index contributed by atoms with van der Waals surface area (Å²) in [5.74, 6) is -6.79. The third kappa shape index (κ3) is 18.9. The van der Waals surface area contributed by atoms with Crippen molar-refractivity contribution in [1.29, 1.82) is 0 Å². The Balaban J connectivity index is 3.02. The number of aliphatic hydroxyl groups is 2. The minimum absolute atomic E-state index is 0.0512. The molecule has 0 aliphatic heterocycles. The molecule has 0 unspecified atom stereocenters. The standard InChI is InChI=1S/C34H61N13O10/c1-17(2)12-23(44-27(50)18(3)42-31(54)25(15-48)46-28(51)21(36)8-7-11-40-34(37)38)30(53)47-26(19(4)49)32(55)43-22(9-5-6-10-35)29(52)45-24(33(56)57)13-20-14-39-16-41-20/h14,16-19,21-26,48-49H,5-13,15,35-36H2,1-4H3,(H,39,41)(H,42,54)(H,43,55)(H,44,50)(H,45,52)(H,46,51)(H,47,53)(H,56,57)(H4,37,38,40)/t18-,19+,21-,22-,23-,24-,25-,26-/m0/s1. The van der Waals surface area contributed by atoms with Crippen LogP contribution in [0.5, 0.6) is 0 Å². The summed E-state index contributed by atoms with van der Waals surface area (Å²) >= 11 is 0. The fourth-order valence-electron chi connectivity index (χ4n) is 5.27. The van der Waals surface area contributed by atoms with E-state index in [2.05, 4.69) is 46.9 Å². The second-order valence-electron chi connectivity index (χ2n) is 14.0. The molecule has 57 heavy (non-hydrogen) atoms. The minimum Gasteiger partial charge on any atom is -0.480 e. The molecule has 1 aromatic rings. The number of hydrogen-bond donors (Lipinski definition) is 14. The van der Waals surface area contributed by atoms with Gasteiger partial charge in [0.1, 0.15) is 36.3 Å². The summed E-state index contributed by atoms with van der Waals surface area (Å²) in [6.07, 6.45) is 2.62. The quantitative estimate of drug-likeness (QED) is 0.0225. The minimum atomic E-state index is -1.63. The number of guanidine groups is 1. The van der Waals surface area contributed by atoms with E-state index in [-0.39, 0.29) is 50.7 Å². The Hall–Kier alpha value is -5.39. The topological polar surface area (TPSA) is 397 Å². The van der Waals surface area contributed by atoms with Crippen LogP contribution in [0.3, 0.4) is 0 Å². The molecule has 0 aliphatic rings. The molecule has 0 aromatic carbocycles. The number of nitrogens with two attached hydrogens (primary N) is 4. The van der Waals surface area contributed by atoms with Gasteiger partial charge in [-0.05, 0) is 64.8 Å². The normalized spacial score (nSPS) is 15.3. The molecule has 1 aromatic heterocycles. The summed E-state index contributed by atoms with van der Waals surface area (Å²) in [7, 11) is 0. The number of nitrogens with one attached hydrogen (secondary N) is 7. The van der Waals surface area contributed by atoms with Crippen LogP contribution in [0.15, 0.2) is 17.5 Å². The molecule has 1 rings (SSSR count). The molecule has 23 heteroatoms. The lowest BCUT2D eigenvalue weighted by Crippen LogP contribution is -2.61. The third-order valence-corrected chi connectivity index (χ3v) is 8.45. The number of carbonyl (C=O) groups excluding carboxylic acids is 6. The number of rotatable bonds is 27. The number of imidazole rings is 1. The van der Waals surface area contributed by atoms with E-state index in [4.69, 9.17) is 22.9 Å². The molecule has 0 radical (unpaired) electrons. The first-order valence-electron chi connectivity index (χ1n) is 18.6. The summed E-state index contributed by atoms with van der Waals surface area (Å²) in [5, 5.41) is 44.6. The Kier molecular flexibility index (Phi) is 22.4. The summed E-state index contributed by atoms with van der Waals surface area (Å²) in [6, 6.07) is -9.37. The molecule has 23 nitrogen and oxygen atoms in total. The van der Waals surface area contributed by atoms with Gasteiger partial charge in [-0.1, -0.05) is 13.8 Å². The van der Waals surface area contributed by atoms with Crippen LogP contribution >= 0.6 is 0 Å². The third-order valence-electron chi connectivity index (χ3n) is 8.45. The highest BCUT2D eigenvalue weighted by Crippen LogP contribution is 2.09. The zero-order chi connectivity index (χ0) is 43.2. The summed E-state index contributed by atoms with van der Waals surface area (Å²) < 4.78 is 0. The second kappa shape index (κ2) is 25.7. The van der Waals surface area contributed by atoms with Gasteiger partial charge < -0.3 is 75.1 Å². The molecule has 0 bridgehead atoms. The number of H-pyrrole nitrogens is 1. The van der Waals surface area contributed by atoms with Crippen molar-refractivity contribution in [3.63, 3.8) is 0 Å². The highest BCUT2D eigenvalue weighted by Gasteiger charge is 2.34. The molecule has 0 spiro atoms. The van der Waals surface area contributed by atoms with E-state index in [1.165, 1.54) is 26.4 Å². The first kappa shape index (κ1) is 49.6. The fraction of sp³-hybridized carbons (Fsp3) is 0.676. The largest absolute Gasteiger partial charge is 0.480 e. The Labute approximate surface area is 330 Å². The SMILES string of the molecule is CC(C)C[C@H](NC(=O)[C@H](C)NC(=O)[C@H](CO)NC(=O)[C@@H](N)CCCN=C(N)N)C(=O)N[C@H](C(=O)N[C@@H](CCCCN)C(=O)N[C@@H](Cc1cnc[nH]1)C(=O)O)[C@@H](C)O. The number of carbonyl (C=O) groups is 7. The van der Waals surface area contributed by atoms with Gasteiger partial charge in [-0.2, -0.15) is 0 Å². The average Bonchev–Trinajstić information content (AvgIpc) is 3.65. The summed E-state index contributed by atoms with van der Waals surface area (Å²) in [4.78, 5) is 101. The number of aliphatic imine (C=N–C) groups is 1. The number of carboxylic acid groups (broad SMARTS) is 1. The van der Waals surface area contributed by atoms with Gasteiger partial charge in [0, 0.05) is 24.9 Å². The van der Waals surface area contributed by atoms with Crippen molar-refractivity contribution in [2.24, 2.45) is 33.8 Å². The molecular weight excluding hydrogens is 750 g/mol. The number of aliphatic carboxylic acids is 1. The Morgan fingerprint density at radius 2 is 1.37 bits per heavy atom. The number of amides is 6. The van der Waals surface area contributed by atoms with E-state index in [0.717, 1.165) is 0 Å². The Morgan fingerprint density at radius 1 is 0.772 bits per heavy atom. The summed E-state index contributed by atoms with van der Waals surface area (Å²) in [6.45, 7) is 5.73. The van der Waals surface area contributed by atoms with Crippen LogP contribution in [0.1, 0.15) is 71.9 Å². The van der Waals surface area contributed by atoms with Crippen molar-refractivity contribution < 1.29 is 48.9 Å². The first-order valence-corrected chi connectivity index (χ1v) is 18.6. The lowest BCUT2D eigenvalue weighted by Gasteiger charge is -2.28. The van der Waals surface area contributed by atoms with Crippen LogP contribution in [-0.2, 0) is 40.0 Å². The number of carboxylic acids is 1. The van der Waals surface area contributed by atoms with Crippen LogP contribution in [-0.4, -0.2) is 141 Å². The van der Waals surface area contributed by atoms with Crippen molar-refractivity contribution in [2.45, 2.75) is 121 Å².